The van der Waals surface area contributed by atoms with Gasteiger partial charge in [-0.3, -0.25) is 10.1 Å². The van der Waals surface area contributed by atoms with Crippen LogP contribution in [0.5, 0.6) is 0 Å². The van der Waals surface area contributed by atoms with E-state index in [-0.39, 0.29) is 5.91 Å². The first kappa shape index (κ1) is 15.4. The second-order valence-electron chi connectivity index (χ2n) is 4.61. The molecule has 2 aromatic rings. The van der Waals surface area contributed by atoms with Crippen molar-refractivity contribution in [1.29, 1.82) is 0 Å². The number of benzene rings is 1. The Bertz CT molecular complexity index is 676. The van der Waals surface area contributed by atoms with Gasteiger partial charge in [0.05, 0.1) is 0 Å². The molecular weight excluding hydrogens is 300 g/mol. The van der Waals surface area contributed by atoms with E-state index in [1.165, 1.54) is 6.08 Å². The van der Waals surface area contributed by atoms with E-state index < -0.39 is 0 Å². The second-order valence-corrected chi connectivity index (χ2v) is 6.00. The fraction of sp³-hybridized carbons (Fsp3) is 0.125. The largest absolute Gasteiger partial charge is 0.332 e. The summed E-state index contributed by atoms with van der Waals surface area (Å²) in [5, 5.41) is 7.94. The van der Waals surface area contributed by atoms with Crippen LogP contribution in [0.1, 0.15) is 16.0 Å². The van der Waals surface area contributed by atoms with Gasteiger partial charge in [0, 0.05) is 16.6 Å². The summed E-state index contributed by atoms with van der Waals surface area (Å²) in [6.07, 6.45) is 3.24. The van der Waals surface area contributed by atoms with Crippen molar-refractivity contribution in [2.45, 2.75) is 13.8 Å². The van der Waals surface area contributed by atoms with Crippen molar-refractivity contribution in [3.05, 3.63) is 57.8 Å². The third-order valence-electron chi connectivity index (χ3n) is 2.82. The van der Waals surface area contributed by atoms with E-state index in [1.54, 1.807) is 17.4 Å². The summed E-state index contributed by atoms with van der Waals surface area (Å²) < 4.78 is 0. The van der Waals surface area contributed by atoms with Gasteiger partial charge in [0.2, 0.25) is 5.91 Å². The van der Waals surface area contributed by atoms with Crippen molar-refractivity contribution >= 4 is 46.3 Å². The number of anilines is 1. The van der Waals surface area contributed by atoms with Gasteiger partial charge >= 0.3 is 0 Å². The molecule has 0 atom stereocenters. The average molecular weight is 316 g/mol. The molecule has 0 radical (unpaired) electrons. The molecule has 1 heterocycles. The van der Waals surface area contributed by atoms with Crippen molar-refractivity contribution in [2.24, 2.45) is 0 Å². The van der Waals surface area contributed by atoms with Crippen molar-refractivity contribution in [3.8, 4) is 0 Å². The van der Waals surface area contributed by atoms with Crippen molar-refractivity contribution < 1.29 is 4.79 Å². The SMILES string of the molecule is Cc1ccc(C)c(NC(=S)NC(=O)C=Cc2cccs2)c1. The Balaban J connectivity index is 1.92. The van der Waals surface area contributed by atoms with Crippen LogP contribution in [0.15, 0.2) is 41.8 Å². The van der Waals surface area contributed by atoms with Gasteiger partial charge in [0.1, 0.15) is 0 Å². The van der Waals surface area contributed by atoms with Gasteiger partial charge in [-0.2, -0.15) is 0 Å². The molecule has 108 valence electrons. The van der Waals surface area contributed by atoms with Gasteiger partial charge in [0.15, 0.2) is 5.11 Å². The fourth-order valence-corrected chi connectivity index (χ4v) is 2.55. The molecule has 0 fully saturated rings. The number of thiocarbonyl (C=S) groups is 1. The van der Waals surface area contributed by atoms with Crippen LogP contribution in [0.4, 0.5) is 5.69 Å². The lowest BCUT2D eigenvalue weighted by atomic mass is 10.1. The normalized spacial score (nSPS) is 10.6. The molecule has 5 heteroatoms. The Morgan fingerprint density at radius 1 is 1.29 bits per heavy atom. The van der Waals surface area contributed by atoms with Gasteiger partial charge in [-0.1, -0.05) is 18.2 Å². The summed E-state index contributed by atoms with van der Waals surface area (Å²) in [6.45, 7) is 4.00. The molecule has 1 aromatic heterocycles. The molecule has 0 saturated carbocycles. The summed E-state index contributed by atoms with van der Waals surface area (Å²) in [7, 11) is 0. The zero-order chi connectivity index (χ0) is 15.2. The predicted octanol–water partition coefficient (Wildman–Crippen LogP) is 3.89. The maximum Gasteiger partial charge on any atom is 0.250 e. The maximum atomic E-state index is 11.8. The highest BCUT2D eigenvalue weighted by molar-refractivity contribution is 7.80. The number of nitrogens with one attached hydrogen (secondary N) is 2. The predicted molar refractivity (Wildman–Crippen MR) is 93.6 cm³/mol. The lowest BCUT2D eigenvalue weighted by Gasteiger charge is -2.11. The molecule has 2 rings (SSSR count). The van der Waals surface area contributed by atoms with E-state index in [4.69, 9.17) is 12.2 Å². The van der Waals surface area contributed by atoms with Crippen LogP contribution < -0.4 is 10.6 Å². The van der Waals surface area contributed by atoms with Crippen molar-refractivity contribution in [3.63, 3.8) is 0 Å². The third kappa shape index (κ3) is 4.81. The van der Waals surface area contributed by atoms with Crippen LogP contribution >= 0.6 is 23.6 Å². The number of thiophene rings is 1. The molecule has 0 aliphatic rings. The molecule has 1 amide bonds. The van der Waals surface area contributed by atoms with Crippen LogP contribution in [0.25, 0.3) is 6.08 Å². The van der Waals surface area contributed by atoms with Crippen LogP contribution in [-0.4, -0.2) is 11.0 Å². The first-order valence-corrected chi connectivity index (χ1v) is 7.74. The van der Waals surface area contributed by atoms with Crippen molar-refractivity contribution in [2.75, 3.05) is 5.32 Å². The Morgan fingerprint density at radius 2 is 2.10 bits per heavy atom. The summed E-state index contributed by atoms with van der Waals surface area (Å²) in [5.74, 6) is -0.244. The summed E-state index contributed by atoms with van der Waals surface area (Å²) in [5.41, 5.74) is 3.11. The van der Waals surface area contributed by atoms with E-state index in [0.29, 0.717) is 5.11 Å². The van der Waals surface area contributed by atoms with E-state index in [2.05, 4.69) is 10.6 Å². The maximum absolute atomic E-state index is 11.8. The Hall–Kier alpha value is -1.98. The van der Waals surface area contributed by atoms with Gasteiger partial charge in [-0.15, -0.1) is 11.3 Å². The monoisotopic (exact) mass is 316 g/mol. The second kappa shape index (κ2) is 7.15. The fourth-order valence-electron chi connectivity index (χ4n) is 1.72. The quantitative estimate of drug-likeness (QED) is 0.667. The smallest absolute Gasteiger partial charge is 0.250 e. The number of amides is 1. The van der Waals surface area contributed by atoms with E-state index in [9.17, 15) is 4.79 Å². The van der Waals surface area contributed by atoms with Gasteiger partial charge in [-0.25, -0.2) is 0 Å². The molecule has 0 spiro atoms. The molecule has 1 aromatic carbocycles. The number of rotatable bonds is 3. The Morgan fingerprint density at radius 3 is 2.81 bits per heavy atom. The minimum Gasteiger partial charge on any atom is -0.332 e. The molecule has 0 saturated heterocycles. The first-order chi connectivity index (χ1) is 10.0. The van der Waals surface area contributed by atoms with Crippen LogP contribution in [0, 0.1) is 13.8 Å². The lowest BCUT2D eigenvalue weighted by Crippen LogP contribution is -2.33. The zero-order valence-corrected chi connectivity index (χ0v) is 13.5. The number of carbonyl (C=O) groups is 1. The van der Waals surface area contributed by atoms with E-state index >= 15 is 0 Å². The highest BCUT2D eigenvalue weighted by Gasteiger charge is 2.04. The van der Waals surface area contributed by atoms with Crippen LogP contribution in [0.3, 0.4) is 0 Å². The molecular formula is C16H16N2OS2. The summed E-state index contributed by atoms with van der Waals surface area (Å²) >= 11 is 6.73. The van der Waals surface area contributed by atoms with Gasteiger partial charge in [0.25, 0.3) is 0 Å². The molecule has 21 heavy (non-hydrogen) atoms. The number of aryl methyl sites for hydroxylation is 2. The standard InChI is InChI=1S/C16H16N2OS2/c1-11-5-6-12(2)14(10-11)17-16(20)18-15(19)8-7-13-4-3-9-21-13/h3-10H,1-2H3,(H2,17,18,19,20). The topological polar surface area (TPSA) is 41.1 Å². The molecule has 0 aliphatic carbocycles. The average Bonchev–Trinajstić information content (AvgIpc) is 2.94. The number of hydrogen-bond donors (Lipinski definition) is 2. The van der Waals surface area contributed by atoms with Crippen molar-refractivity contribution in [1.82, 2.24) is 5.32 Å². The third-order valence-corrected chi connectivity index (χ3v) is 3.86. The summed E-state index contributed by atoms with van der Waals surface area (Å²) in [4.78, 5) is 12.8. The number of hydrogen-bond acceptors (Lipinski definition) is 3. The minimum absolute atomic E-state index is 0.244. The molecule has 0 aliphatic heterocycles. The highest BCUT2D eigenvalue weighted by atomic mass is 32.1. The van der Waals surface area contributed by atoms with Gasteiger partial charge < -0.3 is 5.32 Å². The Kier molecular flexibility index (Phi) is 5.25. The molecule has 2 N–H and O–H groups in total. The minimum atomic E-state index is -0.244. The lowest BCUT2D eigenvalue weighted by molar-refractivity contribution is -0.115. The van der Waals surface area contributed by atoms with E-state index in [1.807, 2.05) is 49.6 Å². The zero-order valence-electron chi connectivity index (χ0n) is 11.8. The molecule has 0 unspecified atom stereocenters. The van der Waals surface area contributed by atoms with Crippen LogP contribution in [-0.2, 0) is 4.79 Å². The van der Waals surface area contributed by atoms with Crippen LogP contribution in [0.2, 0.25) is 0 Å². The molecule has 0 bridgehead atoms. The molecule has 3 nitrogen and oxygen atoms in total. The number of carbonyl (C=O) groups excluding carboxylic acids is 1. The first-order valence-electron chi connectivity index (χ1n) is 6.45. The van der Waals surface area contributed by atoms with E-state index in [0.717, 1.165) is 21.7 Å². The van der Waals surface area contributed by atoms with Gasteiger partial charge in [-0.05, 0) is 60.8 Å². The Labute approximate surface area is 133 Å². The summed E-state index contributed by atoms with van der Waals surface area (Å²) in [6, 6.07) is 9.93. The highest BCUT2D eigenvalue weighted by Crippen LogP contribution is 2.16.